The van der Waals surface area contributed by atoms with Gasteiger partial charge < -0.3 is 0 Å². The third-order valence-electron chi connectivity index (χ3n) is 2.40. The smallest absolute Gasteiger partial charge is 0.183 e. The molecule has 0 saturated heterocycles. The Morgan fingerprint density at radius 2 is 2.38 bits per heavy atom. The van der Waals surface area contributed by atoms with Crippen molar-refractivity contribution in [3.63, 3.8) is 0 Å². The molecule has 0 aromatic carbocycles. The Kier molecular flexibility index (Phi) is 1.17. The van der Waals surface area contributed by atoms with Crippen molar-refractivity contribution in [2.75, 3.05) is 0 Å². The molecular formula is C9H9N3O. The van der Waals surface area contributed by atoms with Crippen molar-refractivity contribution in [3.8, 4) is 0 Å². The molecule has 0 unspecified atom stereocenters. The van der Waals surface area contributed by atoms with Crippen LogP contribution in [-0.4, -0.2) is 14.6 Å². The van der Waals surface area contributed by atoms with Crippen LogP contribution < -0.4 is 5.43 Å². The summed E-state index contributed by atoms with van der Waals surface area (Å²) >= 11 is 0. The van der Waals surface area contributed by atoms with Crippen molar-refractivity contribution in [3.05, 3.63) is 34.4 Å². The van der Waals surface area contributed by atoms with E-state index in [-0.39, 0.29) is 5.43 Å². The molecule has 1 saturated carbocycles. The van der Waals surface area contributed by atoms with Gasteiger partial charge in [0.05, 0.1) is 0 Å². The summed E-state index contributed by atoms with van der Waals surface area (Å²) in [6.07, 6.45) is 4.22. The van der Waals surface area contributed by atoms with Gasteiger partial charge in [-0.3, -0.25) is 14.3 Å². The molecule has 0 bridgehead atoms. The highest BCUT2D eigenvalue weighted by Gasteiger charge is 2.27. The zero-order valence-electron chi connectivity index (χ0n) is 7.03. The first-order valence-electron chi connectivity index (χ1n) is 4.41. The van der Waals surface area contributed by atoms with Gasteiger partial charge in [-0.15, -0.1) is 0 Å². The predicted octanol–water partition coefficient (Wildman–Crippen LogP) is 0.900. The van der Waals surface area contributed by atoms with E-state index in [2.05, 4.69) is 10.2 Å². The summed E-state index contributed by atoms with van der Waals surface area (Å²) in [5, 5.41) is 7.06. The van der Waals surface area contributed by atoms with Crippen LogP contribution in [0.1, 0.15) is 24.6 Å². The van der Waals surface area contributed by atoms with Crippen LogP contribution >= 0.6 is 0 Å². The van der Waals surface area contributed by atoms with Crippen LogP contribution in [0.25, 0.3) is 5.65 Å². The van der Waals surface area contributed by atoms with Gasteiger partial charge in [0.1, 0.15) is 11.5 Å². The Hall–Kier alpha value is -1.58. The quantitative estimate of drug-likeness (QED) is 0.700. The molecule has 4 nitrogen and oxygen atoms in total. The summed E-state index contributed by atoms with van der Waals surface area (Å²) in [7, 11) is 0. The fraction of sp³-hybridized carbons (Fsp3) is 0.333. The summed E-state index contributed by atoms with van der Waals surface area (Å²) in [4.78, 5) is 11.0. The molecule has 0 spiro atoms. The zero-order valence-corrected chi connectivity index (χ0v) is 7.03. The molecule has 2 aromatic heterocycles. The van der Waals surface area contributed by atoms with Gasteiger partial charge in [-0.05, 0) is 12.8 Å². The molecule has 2 aromatic rings. The van der Waals surface area contributed by atoms with Crippen LogP contribution in [0.3, 0.4) is 0 Å². The lowest BCUT2D eigenvalue weighted by Gasteiger charge is -1.94. The van der Waals surface area contributed by atoms with Crippen LogP contribution in [0.4, 0.5) is 0 Å². The first kappa shape index (κ1) is 6.88. The maximum Gasteiger partial charge on any atom is 0.183 e. The molecule has 66 valence electrons. The number of hydrogen-bond donors (Lipinski definition) is 1. The summed E-state index contributed by atoms with van der Waals surface area (Å²) in [5.41, 5.74) is 0.806. The number of pyridine rings is 1. The minimum Gasteiger partial charge on any atom is -0.290 e. The normalized spacial score (nSPS) is 16.6. The summed E-state index contributed by atoms with van der Waals surface area (Å²) in [5.74, 6) is 1.64. The van der Waals surface area contributed by atoms with Crippen molar-refractivity contribution in [2.45, 2.75) is 18.8 Å². The SMILES string of the molecule is O=c1ccn2c(C3CC3)n[nH]c2c1. The van der Waals surface area contributed by atoms with E-state index in [0.717, 1.165) is 11.5 Å². The second kappa shape index (κ2) is 2.22. The van der Waals surface area contributed by atoms with Crippen molar-refractivity contribution in [1.29, 1.82) is 0 Å². The third-order valence-corrected chi connectivity index (χ3v) is 2.40. The minimum atomic E-state index is 0.0194. The average Bonchev–Trinajstić information content (AvgIpc) is 2.87. The average molecular weight is 175 g/mol. The predicted molar refractivity (Wildman–Crippen MR) is 47.8 cm³/mol. The van der Waals surface area contributed by atoms with Gasteiger partial charge in [-0.2, -0.15) is 5.10 Å². The number of aromatic amines is 1. The minimum absolute atomic E-state index is 0.0194. The van der Waals surface area contributed by atoms with Crippen LogP contribution in [0.15, 0.2) is 23.1 Å². The summed E-state index contributed by atoms with van der Waals surface area (Å²) in [6.45, 7) is 0. The van der Waals surface area contributed by atoms with E-state index in [1.807, 2.05) is 4.40 Å². The van der Waals surface area contributed by atoms with Crippen LogP contribution in [0, 0.1) is 0 Å². The molecule has 2 heterocycles. The Labute approximate surface area is 74.2 Å². The highest BCUT2D eigenvalue weighted by molar-refractivity contribution is 5.38. The molecule has 1 aliphatic rings. The molecule has 1 N–H and O–H groups in total. The van der Waals surface area contributed by atoms with E-state index in [9.17, 15) is 4.79 Å². The Bertz CT molecular complexity index is 507. The van der Waals surface area contributed by atoms with Gasteiger partial charge in [0.2, 0.25) is 0 Å². The van der Waals surface area contributed by atoms with Gasteiger partial charge in [0.25, 0.3) is 0 Å². The monoisotopic (exact) mass is 175 g/mol. The van der Waals surface area contributed by atoms with E-state index < -0.39 is 0 Å². The maximum atomic E-state index is 11.0. The topological polar surface area (TPSA) is 50.2 Å². The highest BCUT2D eigenvalue weighted by atomic mass is 16.1. The van der Waals surface area contributed by atoms with Gasteiger partial charge in [0, 0.05) is 24.2 Å². The van der Waals surface area contributed by atoms with Crippen LogP contribution in [0.2, 0.25) is 0 Å². The lowest BCUT2D eigenvalue weighted by atomic mass is 10.4. The first-order valence-corrected chi connectivity index (χ1v) is 4.41. The van der Waals surface area contributed by atoms with E-state index in [4.69, 9.17) is 0 Å². The number of H-pyrrole nitrogens is 1. The number of nitrogens with one attached hydrogen (secondary N) is 1. The van der Waals surface area contributed by atoms with Crippen molar-refractivity contribution < 1.29 is 0 Å². The Morgan fingerprint density at radius 3 is 3.15 bits per heavy atom. The van der Waals surface area contributed by atoms with Crippen molar-refractivity contribution in [2.24, 2.45) is 0 Å². The molecule has 1 fully saturated rings. The second-order valence-corrected chi connectivity index (χ2v) is 3.47. The van der Waals surface area contributed by atoms with E-state index in [1.54, 1.807) is 18.3 Å². The summed E-state index contributed by atoms with van der Waals surface area (Å²) < 4.78 is 1.96. The van der Waals surface area contributed by atoms with E-state index in [1.165, 1.54) is 12.8 Å². The second-order valence-electron chi connectivity index (χ2n) is 3.47. The molecule has 1 aliphatic carbocycles. The Balaban J connectivity index is 2.32. The fourth-order valence-electron chi connectivity index (χ4n) is 1.56. The van der Waals surface area contributed by atoms with Gasteiger partial charge in [0.15, 0.2) is 5.43 Å². The van der Waals surface area contributed by atoms with Gasteiger partial charge in [-0.25, -0.2) is 0 Å². The number of hydrogen-bond acceptors (Lipinski definition) is 2. The van der Waals surface area contributed by atoms with Gasteiger partial charge in [-0.1, -0.05) is 0 Å². The standard InChI is InChI=1S/C9H9N3O/c13-7-3-4-12-8(5-7)10-11-9(12)6-1-2-6/h3-6,10H,1-2H2. The molecule has 0 radical (unpaired) electrons. The largest absolute Gasteiger partial charge is 0.290 e. The lowest BCUT2D eigenvalue weighted by molar-refractivity contribution is 0.897. The lowest BCUT2D eigenvalue weighted by Crippen LogP contribution is -2.00. The van der Waals surface area contributed by atoms with Crippen LogP contribution in [0.5, 0.6) is 0 Å². The number of aromatic nitrogens is 3. The van der Waals surface area contributed by atoms with Crippen LogP contribution in [-0.2, 0) is 0 Å². The Morgan fingerprint density at radius 1 is 1.54 bits per heavy atom. The maximum absolute atomic E-state index is 11.0. The molecule has 0 atom stereocenters. The molecule has 3 rings (SSSR count). The summed E-state index contributed by atoms with van der Waals surface area (Å²) in [6, 6.07) is 3.13. The van der Waals surface area contributed by atoms with E-state index in [0.29, 0.717) is 5.92 Å². The number of rotatable bonds is 1. The van der Waals surface area contributed by atoms with Crippen molar-refractivity contribution >= 4 is 5.65 Å². The highest BCUT2D eigenvalue weighted by Crippen LogP contribution is 2.38. The van der Waals surface area contributed by atoms with Crippen molar-refractivity contribution in [1.82, 2.24) is 14.6 Å². The number of fused-ring (bicyclic) bond motifs is 1. The molecular weight excluding hydrogens is 166 g/mol. The zero-order chi connectivity index (χ0) is 8.84. The molecule has 0 aliphatic heterocycles. The first-order chi connectivity index (χ1) is 6.34. The fourth-order valence-corrected chi connectivity index (χ4v) is 1.56. The molecule has 0 amide bonds. The molecule has 4 heteroatoms. The molecule has 13 heavy (non-hydrogen) atoms. The van der Waals surface area contributed by atoms with Gasteiger partial charge >= 0.3 is 0 Å². The van der Waals surface area contributed by atoms with E-state index >= 15 is 0 Å². The number of nitrogens with zero attached hydrogens (tertiary/aromatic N) is 2. The third kappa shape index (κ3) is 0.983.